The number of pyridine rings is 2. The predicted octanol–water partition coefficient (Wildman–Crippen LogP) is 4.15. The number of nitrogens with one attached hydrogen (secondary N) is 1. The molecule has 0 bridgehead atoms. The highest BCUT2D eigenvalue weighted by Crippen LogP contribution is 2.36. The minimum absolute atomic E-state index is 0.0203. The van der Waals surface area contributed by atoms with Crippen molar-refractivity contribution in [2.75, 3.05) is 12.4 Å². The van der Waals surface area contributed by atoms with Crippen molar-refractivity contribution in [2.45, 2.75) is 25.9 Å². The maximum Gasteiger partial charge on any atom is 0.213 e. The molecule has 0 spiro atoms. The van der Waals surface area contributed by atoms with Gasteiger partial charge in [0.2, 0.25) is 5.88 Å². The van der Waals surface area contributed by atoms with E-state index in [2.05, 4.69) is 31.2 Å². The van der Waals surface area contributed by atoms with Gasteiger partial charge in [0.1, 0.15) is 16.4 Å². The number of halogens is 2. The zero-order valence-electron chi connectivity index (χ0n) is 13.8. The topological polar surface area (TPSA) is 86.2 Å². The van der Waals surface area contributed by atoms with Gasteiger partial charge in [0.05, 0.1) is 17.3 Å². The molecule has 3 aromatic heterocycles. The number of fused-ring (bicyclic) bond motifs is 1. The van der Waals surface area contributed by atoms with Gasteiger partial charge in [0, 0.05) is 37.3 Å². The minimum Gasteiger partial charge on any atom is -0.481 e. The first kappa shape index (κ1) is 18.0. The number of nitrogens with two attached hydrogens (primary N) is 1. The first-order valence-corrected chi connectivity index (χ1v) is 8.90. The molecule has 0 fully saturated rings. The molecular weight excluding hydrogens is 408 g/mol. The van der Waals surface area contributed by atoms with Gasteiger partial charge in [0.25, 0.3) is 0 Å². The molecule has 3 rings (SSSR count). The van der Waals surface area contributed by atoms with E-state index in [1.807, 2.05) is 19.1 Å². The molecule has 0 aliphatic carbocycles. The molecule has 0 saturated carbocycles. The molecule has 132 valence electrons. The van der Waals surface area contributed by atoms with Crippen molar-refractivity contribution in [1.29, 1.82) is 0 Å². The lowest BCUT2D eigenvalue weighted by molar-refractivity contribution is 0.397. The number of nitrogens with zero attached hydrogens (tertiary/aromatic N) is 2. The molecule has 0 saturated heterocycles. The van der Waals surface area contributed by atoms with Crippen LogP contribution in [0, 0.1) is 0 Å². The molecule has 0 amide bonds. The summed E-state index contributed by atoms with van der Waals surface area (Å²) in [5, 5.41) is 3.72. The number of anilines is 1. The Morgan fingerprint density at radius 2 is 2.24 bits per heavy atom. The van der Waals surface area contributed by atoms with Crippen molar-refractivity contribution in [1.82, 2.24) is 9.97 Å². The van der Waals surface area contributed by atoms with E-state index in [0.29, 0.717) is 35.1 Å². The fourth-order valence-corrected chi connectivity index (χ4v) is 3.18. The van der Waals surface area contributed by atoms with Gasteiger partial charge in [-0.25, -0.2) is 9.97 Å². The Morgan fingerprint density at radius 1 is 1.44 bits per heavy atom. The Labute approximate surface area is 158 Å². The van der Waals surface area contributed by atoms with Crippen LogP contribution < -0.4 is 15.8 Å². The fraction of sp³-hybridized carbons (Fsp3) is 0.294. The average Bonchev–Trinajstić information content (AvgIpc) is 2.88. The molecule has 0 aromatic carbocycles. The van der Waals surface area contributed by atoms with Gasteiger partial charge in [-0.1, -0.05) is 11.6 Å². The summed E-state index contributed by atoms with van der Waals surface area (Å²) in [6, 6.07) is 5.50. The molecular formula is C17H18BrClN4O2. The molecule has 8 heteroatoms. The van der Waals surface area contributed by atoms with E-state index in [0.717, 1.165) is 21.5 Å². The van der Waals surface area contributed by atoms with Gasteiger partial charge in [0.15, 0.2) is 5.58 Å². The highest BCUT2D eigenvalue weighted by atomic mass is 79.9. The van der Waals surface area contributed by atoms with Crippen LogP contribution >= 0.6 is 27.5 Å². The summed E-state index contributed by atoms with van der Waals surface area (Å²) in [5.74, 6) is 1.32. The molecule has 0 aliphatic rings. The van der Waals surface area contributed by atoms with E-state index in [1.165, 1.54) is 0 Å². The quantitative estimate of drug-likeness (QED) is 0.577. The van der Waals surface area contributed by atoms with Crippen LogP contribution in [-0.4, -0.2) is 23.1 Å². The summed E-state index contributed by atoms with van der Waals surface area (Å²) in [6.45, 7) is 2.49. The summed E-state index contributed by atoms with van der Waals surface area (Å²) < 4.78 is 11.9. The SMILES string of the molecule is COc1cc(CNc2cc(Cl)nc3c(Br)c(C[C@H](C)N)oc23)ccn1. The largest absolute Gasteiger partial charge is 0.481 e. The summed E-state index contributed by atoms with van der Waals surface area (Å²) in [7, 11) is 1.59. The summed E-state index contributed by atoms with van der Waals surface area (Å²) in [5.41, 5.74) is 9.00. The van der Waals surface area contributed by atoms with E-state index in [1.54, 1.807) is 19.4 Å². The number of hydrogen-bond donors (Lipinski definition) is 2. The van der Waals surface area contributed by atoms with Gasteiger partial charge in [-0.15, -0.1) is 0 Å². The number of furan rings is 1. The first-order valence-electron chi connectivity index (χ1n) is 7.73. The Kier molecular flexibility index (Phi) is 5.46. The van der Waals surface area contributed by atoms with Crippen LogP contribution in [0.25, 0.3) is 11.1 Å². The number of methoxy groups -OCH3 is 1. The second-order valence-corrected chi connectivity index (χ2v) is 6.93. The fourth-order valence-electron chi connectivity index (χ4n) is 2.48. The molecule has 3 aromatic rings. The molecule has 0 unspecified atom stereocenters. The highest BCUT2D eigenvalue weighted by Gasteiger charge is 2.18. The molecule has 25 heavy (non-hydrogen) atoms. The van der Waals surface area contributed by atoms with Crippen LogP contribution in [0.5, 0.6) is 5.88 Å². The van der Waals surface area contributed by atoms with Gasteiger partial charge in [-0.05, 0) is 34.5 Å². The van der Waals surface area contributed by atoms with Crippen molar-refractivity contribution < 1.29 is 9.15 Å². The van der Waals surface area contributed by atoms with Crippen molar-refractivity contribution in [2.24, 2.45) is 5.73 Å². The van der Waals surface area contributed by atoms with Crippen LogP contribution in [0.15, 0.2) is 33.3 Å². The van der Waals surface area contributed by atoms with Crippen LogP contribution in [-0.2, 0) is 13.0 Å². The standard InChI is InChI=1S/C17H18BrClN4O2/c1-9(20)5-12-15(18)16-17(25-12)11(7-13(19)23-16)22-8-10-3-4-21-14(6-10)24-2/h3-4,6-7,9H,5,8,20H2,1-2H3,(H,22,23)/t9-/m0/s1. The molecule has 0 radical (unpaired) electrons. The van der Waals surface area contributed by atoms with E-state index in [-0.39, 0.29) is 6.04 Å². The molecule has 3 N–H and O–H groups in total. The van der Waals surface area contributed by atoms with Crippen LogP contribution in [0.1, 0.15) is 18.2 Å². The zero-order valence-corrected chi connectivity index (χ0v) is 16.2. The maximum absolute atomic E-state index is 6.17. The van der Waals surface area contributed by atoms with E-state index >= 15 is 0 Å². The zero-order chi connectivity index (χ0) is 18.0. The van der Waals surface area contributed by atoms with Crippen LogP contribution in [0.3, 0.4) is 0 Å². The first-order chi connectivity index (χ1) is 12.0. The molecule has 6 nitrogen and oxygen atoms in total. The lowest BCUT2D eigenvalue weighted by Gasteiger charge is -2.08. The highest BCUT2D eigenvalue weighted by molar-refractivity contribution is 9.10. The maximum atomic E-state index is 6.17. The third-order valence-electron chi connectivity index (χ3n) is 3.62. The minimum atomic E-state index is -0.0203. The Morgan fingerprint density at radius 3 is 2.96 bits per heavy atom. The van der Waals surface area contributed by atoms with Crippen molar-refractivity contribution in [3.63, 3.8) is 0 Å². The van der Waals surface area contributed by atoms with Crippen molar-refractivity contribution in [3.05, 3.63) is 45.3 Å². The second kappa shape index (κ2) is 7.59. The number of rotatable bonds is 6. The Hall–Kier alpha value is -1.83. The smallest absolute Gasteiger partial charge is 0.213 e. The Bertz CT molecular complexity index is 898. The monoisotopic (exact) mass is 424 g/mol. The molecule has 3 heterocycles. The summed E-state index contributed by atoms with van der Waals surface area (Å²) in [4.78, 5) is 8.46. The Balaban J connectivity index is 1.92. The average molecular weight is 426 g/mol. The normalized spacial score (nSPS) is 12.4. The third-order valence-corrected chi connectivity index (χ3v) is 4.63. The van der Waals surface area contributed by atoms with Crippen LogP contribution in [0.4, 0.5) is 5.69 Å². The van der Waals surface area contributed by atoms with Gasteiger partial charge < -0.3 is 20.2 Å². The number of hydrogen-bond acceptors (Lipinski definition) is 6. The molecule has 0 aliphatic heterocycles. The van der Waals surface area contributed by atoms with Gasteiger partial charge >= 0.3 is 0 Å². The summed E-state index contributed by atoms with van der Waals surface area (Å²) in [6.07, 6.45) is 2.31. The van der Waals surface area contributed by atoms with Crippen LogP contribution in [0.2, 0.25) is 5.15 Å². The molecule has 1 atom stereocenters. The van der Waals surface area contributed by atoms with Gasteiger partial charge in [-0.3, -0.25) is 0 Å². The summed E-state index contributed by atoms with van der Waals surface area (Å²) >= 11 is 9.71. The van der Waals surface area contributed by atoms with E-state index in [4.69, 9.17) is 26.5 Å². The second-order valence-electron chi connectivity index (χ2n) is 5.75. The predicted molar refractivity (Wildman–Crippen MR) is 102 cm³/mol. The van der Waals surface area contributed by atoms with E-state index < -0.39 is 0 Å². The third kappa shape index (κ3) is 4.05. The van der Waals surface area contributed by atoms with E-state index in [9.17, 15) is 0 Å². The van der Waals surface area contributed by atoms with Crippen molar-refractivity contribution >= 4 is 44.3 Å². The lowest BCUT2D eigenvalue weighted by atomic mass is 10.2. The lowest BCUT2D eigenvalue weighted by Crippen LogP contribution is -2.17. The number of aromatic nitrogens is 2. The van der Waals surface area contributed by atoms with Crippen molar-refractivity contribution in [3.8, 4) is 5.88 Å². The number of ether oxygens (including phenoxy) is 1. The van der Waals surface area contributed by atoms with Gasteiger partial charge in [-0.2, -0.15) is 0 Å².